The summed E-state index contributed by atoms with van der Waals surface area (Å²) in [6.07, 6.45) is 1.66. The van der Waals surface area contributed by atoms with E-state index in [1.165, 1.54) is 22.7 Å². The largest absolute Gasteiger partial charge is 0.335 e. The van der Waals surface area contributed by atoms with Crippen molar-refractivity contribution in [1.82, 2.24) is 19.7 Å². The quantitative estimate of drug-likeness (QED) is 0.518. The molecule has 0 N–H and O–H groups in total. The van der Waals surface area contributed by atoms with Gasteiger partial charge in [0, 0.05) is 71.4 Å². The Hall–Kier alpha value is -1.52. The first-order valence-corrected chi connectivity index (χ1v) is 12.5. The molecule has 0 radical (unpaired) electrons. The molecule has 4 heterocycles. The smallest absolute Gasteiger partial charge is 0.282 e. The zero-order valence-corrected chi connectivity index (χ0v) is 19.9. The van der Waals surface area contributed by atoms with Gasteiger partial charge in [-0.15, -0.1) is 22.7 Å². The summed E-state index contributed by atoms with van der Waals surface area (Å²) < 4.78 is 1.99. The summed E-state index contributed by atoms with van der Waals surface area (Å²) in [7, 11) is 0. The summed E-state index contributed by atoms with van der Waals surface area (Å²) in [5.41, 5.74) is 0. The fourth-order valence-corrected chi connectivity index (χ4v) is 6.56. The molecule has 30 heavy (non-hydrogen) atoms. The van der Waals surface area contributed by atoms with E-state index in [0.29, 0.717) is 47.1 Å². The van der Waals surface area contributed by atoms with Crippen molar-refractivity contribution in [3.63, 3.8) is 0 Å². The van der Waals surface area contributed by atoms with Gasteiger partial charge in [-0.3, -0.25) is 14.5 Å². The topological polar surface area (TPSA) is 56.8 Å². The number of carbonyl (C=O) groups excluding carboxylic acids is 2. The monoisotopic (exact) mass is 524 g/mol. The van der Waals surface area contributed by atoms with E-state index < -0.39 is 0 Å². The summed E-state index contributed by atoms with van der Waals surface area (Å²) in [5.74, 6) is 0.0206. The Morgan fingerprint density at radius 1 is 1.10 bits per heavy atom. The molecule has 6 nitrogen and oxygen atoms in total. The fraction of sp³-hybridized carbons (Fsp3) is 0.350. The van der Waals surface area contributed by atoms with E-state index in [2.05, 4.69) is 25.8 Å². The molecule has 2 aliphatic heterocycles. The number of rotatable bonds is 3. The number of amides is 2. The summed E-state index contributed by atoms with van der Waals surface area (Å²) in [6.45, 7) is 4.43. The number of hydrogen-bond acceptors (Lipinski definition) is 6. The number of aromatic nitrogens is 1. The Balaban J connectivity index is 1.18. The highest BCUT2D eigenvalue weighted by Gasteiger charge is 2.38. The van der Waals surface area contributed by atoms with Gasteiger partial charge in [0.2, 0.25) is 0 Å². The first kappa shape index (κ1) is 20.4. The number of halogens is 2. The number of benzene rings is 1. The molecule has 156 valence electrons. The maximum absolute atomic E-state index is 13.0. The number of thiophene rings is 1. The normalized spacial score (nSPS) is 18.1. The van der Waals surface area contributed by atoms with Crippen LogP contribution in [0.3, 0.4) is 0 Å². The Morgan fingerprint density at radius 2 is 1.87 bits per heavy atom. The van der Waals surface area contributed by atoms with Crippen molar-refractivity contribution in [3.8, 4) is 0 Å². The van der Waals surface area contributed by atoms with Crippen LogP contribution in [-0.4, -0.2) is 76.8 Å². The maximum atomic E-state index is 13.0. The van der Waals surface area contributed by atoms with Crippen LogP contribution in [0.4, 0.5) is 0 Å². The van der Waals surface area contributed by atoms with Gasteiger partial charge in [0.1, 0.15) is 4.88 Å². The van der Waals surface area contributed by atoms with Crippen molar-refractivity contribution >= 4 is 72.1 Å². The molecule has 0 aliphatic carbocycles. The van der Waals surface area contributed by atoms with E-state index in [1.54, 1.807) is 6.20 Å². The average Bonchev–Trinajstić information content (AvgIpc) is 3.35. The van der Waals surface area contributed by atoms with Crippen LogP contribution in [0.15, 0.2) is 34.2 Å². The van der Waals surface area contributed by atoms with Crippen molar-refractivity contribution < 1.29 is 9.59 Å². The number of carbonyl (C=O) groups is 2. The van der Waals surface area contributed by atoms with Crippen LogP contribution in [0.25, 0.3) is 10.1 Å². The summed E-state index contributed by atoms with van der Waals surface area (Å²) in [4.78, 5) is 36.2. The third-order valence-corrected chi connectivity index (χ3v) is 8.57. The number of piperazine rings is 1. The summed E-state index contributed by atoms with van der Waals surface area (Å²) in [5, 5.41) is 3.85. The first-order chi connectivity index (χ1) is 14.5. The molecular formula is C20H18BrClN4O2S2. The van der Waals surface area contributed by atoms with Gasteiger partial charge in [-0.25, -0.2) is 4.98 Å². The van der Waals surface area contributed by atoms with Gasteiger partial charge in [0.05, 0.1) is 5.02 Å². The molecule has 2 aliphatic rings. The highest BCUT2D eigenvalue weighted by molar-refractivity contribution is 9.10. The van der Waals surface area contributed by atoms with Gasteiger partial charge in [0.15, 0.2) is 5.01 Å². The lowest BCUT2D eigenvalue weighted by molar-refractivity contribution is 0.00880. The molecule has 1 aromatic carbocycles. The second kappa shape index (κ2) is 8.20. The van der Waals surface area contributed by atoms with Gasteiger partial charge in [-0.05, 0) is 12.1 Å². The SMILES string of the molecule is O=C(c1nccs1)N1CCN(C2CN(C(=O)c3sc4cc(Br)ccc4c3Cl)C2)CC1. The molecule has 2 aromatic heterocycles. The van der Waals surface area contributed by atoms with E-state index >= 15 is 0 Å². The van der Waals surface area contributed by atoms with Crippen LogP contribution in [0, 0.1) is 0 Å². The Morgan fingerprint density at radius 3 is 2.57 bits per heavy atom. The van der Waals surface area contributed by atoms with Gasteiger partial charge in [0.25, 0.3) is 11.8 Å². The van der Waals surface area contributed by atoms with Gasteiger partial charge in [-0.1, -0.05) is 33.6 Å². The number of nitrogens with zero attached hydrogens (tertiary/aromatic N) is 4. The zero-order chi connectivity index (χ0) is 20.8. The van der Waals surface area contributed by atoms with Crippen LogP contribution >= 0.6 is 50.2 Å². The van der Waals surface area contributed by atoms with Crippen molar-refractivity contribution in [1.29, 1.82) is 0 Å². The molecular weight excluding hydrogens is 508 g/mol. The van der Waals surface area contributed by atoms with E-state index in [9.17, 15) is 9.59 Å². The van der Waals surface area contributed by atoms with Crippen LogP contribution in [0.2, 0.25) is 5.02 Å². The average molecular weight is 526 g/mol. The van der Waals surface area contributed by atoms with E-state index in [-0.39, 0.29) is 11.8 Å². The maximum Gasteiger partial charge on any atom is 0.282 e. The standard InChI is InChI=1S/C20H18BrClN4O2S2/c21-12-1-2-14-15(9-12)30-17(16(14)22)19(27)26-10-13(11-26)24-4-6-25(7-5-24)20(28)18-23-3-8-29-18/h1-3,8-9,13H,4-7,10-11H2. The third-order valence-electron chi connectivity index (χ3n) is 5.67. The van der Waals surface area contributed by atoms with Crippen molar-refractivity contribution in [2.75, 3.05) is 39.3 Å². The number of fused-ring (bicyclic) bond motifs is 1. The lowest BCUT2D eigenvalue weighted by atomic mass is 10.1. The molecule has 0 spiro atoms. The van der Waals surface area contributed by atoms with Gasteiger partial charge < -0.3 is 9.80 Å². The molecule has 10 heteroatoms. The third kappa shape index (κ3) is 3.67. The van der Waals surface area contributed by atoms with Crippen LogP contribution in [-0.2, 0) is 0 Å². The summed E-state index contributed by atoms with van der Waals surface area (Å²) in [6, 6.07) is 6.22. The van der Waals surface area contributed by atoms with E-state index in [4.69, 9.17) is 11.6 Å². The van der Waals surface area contributed by atoms with Crippen LogP contribution in [0.5, 0.6) is 0 Å². The molecule has 3 aromatic rings. The fourth-order valence-electron chi connectivity index (χ4n) is 3.93. The number of likely N-dealkylation sites (tertiary alicyclic amines) is 1. The van der Waals surface area contributed by atoms with Crippen molar-refractivity contribution in [2.45, 2.75) is 6.04 Å². The highest BCUT2D eigenvalue weighted by Crippen LogP contribution is 2.38. The molecule has 0 saturated carbocycles. The van der Waals surface area contributed by atoms with E-state index in [1.807, 2.05) is 33.4 Å². The lowest BCUT2D eigenvalue weighted by Crippen LogP contribution is -2.64. The predicted molar refractivity (Wildman–Crippen MR) is 124 cm³/mol. The minimum atomic E-state index is 0.00570. The first-order valence-electron chi connectivity index (χ1n) is 9.61. The Kier molecular flexibility index (Phi) is 5.57. The summed E-state index contributed by atoms with van der Waals surface area (Å²) >= 11 is 12.8. The number of hydrogen-bond donors (Lipinski definition) is 0. The van der Waals surface area contributed by atoms with Crippen LogP contribution < -0.4 is 0 Å². The van der Waals surface area contributed by atoms with Gasteiger partial charge in [-0.2, -0.15) is 0 Å². The number of thiazole rings is 1. The molecule has 0 bridgehead atoms. The lowest BCUT2D eigenvalue weighted by Gasteiger charge is -2.48. The van der Waals surface area contributed by atoms with Crippen molar-refractivity contribution in [2.24, 2.45) is 0 Å². The predicted octanol–water partition coefficient (Wildman–Crippen LogP) is 4.06. The van der Waals surface area contributed by atoms with Crippen molar-refractivity contribution in [3.05, 3.63) is 49.2 Å². The second-order valence-electron chi connectivity index (χ2n) is 7.42. The second-order valence-corrected chi connectivity index (χ2v) is 10.7. The molecule has 0 atom stereocenters. The Bertz CT molecular complexity index is 1110. The molecule has 0 unspecified atom stereocenters. The zero-order valence-electron chi connectivity index (χ0n) is 15.9. The molecule has 2 fully saturated rings. The molecule has 2 amide bonds. The highest BCUT2D eigenvalue weighted by atomic mass is 79.9. The van der Waals surface area contributed by atoms with Gasteiger partial charge >= 0.3 is 0 Å². The Labute approximate surface area is 195 Å². The minimum absolute atomic E-state index is 0.00570. The van der Waals surface area contributed by atoms with E-state index in [0.717, 1.165) is 27.6 Å². The van der Waals surface area contributed by atoms with Crippen LogP contribution in [0.1, 0.15) is 19.5 Å². The molecule has 5 rings (SSSR count). The molecule has 2 saturated heterocycles. The minimum Gasteiger partial charge on any atom is -0.335 e.